The van der Waals surface area contributed by atoms with Crippen LogP contribution in [0.15, 0.2) is 48.5 Å². The molecule has 1 fully saturated rings. The first-order valence-corrected chi connectivity index (χ1v) is 12.5. The van der Waals surface area contributed by atoms with Gasteiger partial charge in [-0.3, -0.25) is 9.59 Å². The van der Waals surface area contributed by atoms with E-state index in [1.165, 1.54) is 22.3 Å². The lowest BCUT2D eigenvalue weighted by Gasteiger charge is -2.20. The number of rotatable bonds is 10. The van der Waals surface area contributed by atoms with Crippen LogP contribution in [0.3, 0.4) is 0 Å². The summed E-state index contributed by atoms with van der Waals surface area (Å²) in [5.74, 6) is -0.830. The Hall–Kier alpha value is -3.35. The summed E-state index contributed by atoms with van der Waals surface area (Å²) < 4.78 is 5.59. The van der Waals surface area contributed by atoms with Gasteiger partial charge >= 0.3 is 12.1 Å². The summed E-state index contributed by atoms with van der Waals surface area (Å²) in [6.07, 6.45) is 3.92. The lowest BCUT2D eigenvalue weighted by atomic mass is 9.98. The number of aliphatic carboxylic acids is 1. The fraction of sp³-hybridized carbons (Fsp3) is 0.464. The predicted molar refractivity (Wildman–Crippen MR) is 133 cm³/mol. The molecule has 2 aliphatic rings. The van der Waals surface area contributed by atoms with Crippen LogP contribution in [0.5, 0.6) is 0 Å². The molecule has 7 nitrogen and oxygen atoms in total. The van der Waals surface area contributed by atoms with Crippen molar-refractivity contribution in [1.29, 1.82) is 0 Å². The van der Waals surface area contributed by atoms with Gasteiger partial charge in [0.2, 0.25) is 5.91 Å². The zero-order valence-corrected chi connectivity index (χ0v) is 20.2. The second-order valence-electron chi connectivity index (χ2n) is 9.73. The molecule has 0 saturated heterocycles. The minimum absolute atomic E-state index is 0.0191. The van der Waals surface area contributed by atoms with Crippen LogP contribution in [0.4, 0.5) is 4.79 Å². The fourth-order valence-electron chi connectivity index (χ4n) is 5.46. The van der Waals surface area contributed by atoms with Gasteiger partial charge in [-0.15, -0.1) is 0 Å². The monoisotopic (exact) mass is 478 g/mol. The molecule has 0 bridgehead atoms. The van der Waals surface area contributed by atoms with Crippen molar-refractivity contribution in [1.82, 2.24) is 10.6 Å². The van der Waals surface area contributed by atoms with E-state index in [1.807, 2.05) is 31.2 Å². The molecule has 186 valence electrons. The molecule has 3 atom stereocenters. The second kappa shape index (κ2) is 11.4. The van der Waals surface area contributed by atoms with E-state index in [0.29, 0.717) is 19.3 Å². The first-order chi connectivity index (χ1) is 16.9. The van der Waals surface area contributed by atoms with Gasteiger partial charge < -0.3 is 20.5 Å². The van der Waals surface area contributed by atoms with E-state index in [2.05, 4.69) is 34.9 Å². The Morgan fingerprint density at radius 1 is 1.03 bits per heavy atom. The standard InChI is InChI=1S/C28H34N2O5/c1-18(8-6-15-26(31)30-25-14-7-9-19(25)16-27(32)33)29-28(34)35-17-24-22-12-4-2-10-20(22)21-11-3-5-13-23(21)24/h2-5,10-13,18-19,24-25H,6-9,14-17H2,1H3,(H,29,34)(H,30,31)(H,32,33). The van der Waals surface area contributed by atoms with Gasteiger partial charge in [0.15, 0.2) is 0 Å². The lowest BCUT2D eigenvalue weighted by Crippen LogP contribution is -2.38. The van der Waals surface area contributed by atoms with E-state index in [0.717, 1.165) is 19.3 Å². The summed E-state index contributed by atoms with van der Waals surface area (Å²) >= 11 is 0. The largest absolute Gasteiger partial charge is 0.481 e. The van der Waals surface area contributed by atoms with Crippen LogP contribution in [0.2, 0.25) is 0 Å². The van der Waals surface area contributed by atoms with Gasteiger partial charge in [-0.2, -0.15) is 0 Å². The molecule has 0 spiro atoms. The number of carbonyl (C=O) groups is 3. The van der Waals surface area contributed by atoms with Gasteiger partial charge in [-0.1, -0.05) is 55.0 Å². The van der Waals surface area contributed by atoms with E-state index in [1.54, 1.807) is 0 Å². The summed E-state index contributed by atoms with van der Waals surface area (Å²) in [5, 5.41) is 14.9. The van der Waals surface area contributed by atoms with Gasteiger partial charge in [-0.25, -0.2) is 4.79 Å². The molecule has 2 aromatic rings. The molecule has 2 aliphatic carbocycles. The van der Waals surface area contributed by atoms with Crippen molar-refractivity contribution in [2.75, 3.05) is 6.61 Å². The third-order valence-corrected chi connectivity index (χ3v) is 7.19. The molecule has 3 unspecified atom stereocenters. The van der Waals surface area contributed by atoms with Gasteiger partial charge in [-0.05, 0) is 60.8 Å². The molecule has 1 saturated carbocycles. The highest BCUT2D eigenvalue weighted by Crippen LogP contribution is 2.44. The zero-order chi connectivity index (χ0) is 24.8. The lowest BCUT2D eigenvalue weighted by molar-refractivity contribution is -0.138. The molecule has 4 rings (SSSR count). The fourth-order valence-corrected chi connectivity index (χ4v) is 5.46. The van der Waals surface area contributed by atoms with Gasteiger partial charge in [0, 0.05) is 24.4 Å². The number of hydrogen-bond acceptors (Lipinski definition) is 4. The van der Waals surface area contributed by atoms with Crippen molar-refractivity contribution in [3.8, 4) is 11.1 Å². The van der Waals surface area contributed by atoms with Crippen LogP contribution in [-0.4, -0.2) is 41.8 Å². The minimum Gasteiger partial charge on any atom is -0.481 e. The first kappa shape index (κ1) is 24.8. The molecule has 0 radical (unpaired) electrons. The molecule has 0 aromatic heterocycles. The molecule has 2 amide bonds. The summed E-state index contributed by atoms with van der Waals surface area (Å²) in [4.78, 5) is 35.7. The topological polar surface area (TPSA) is 105 Å². The Morgan fingerprint density at radius 2 is 1.69 bits per heavy atom. The number of carboxylic acids is 1. The Bertz CT molecular complexity index is 1020. The van der Waals surface area contributed by atoms with Crippen molar-refractivity contribution >= 4 is 18.0 Å². The number of alkyl carbamates (subject to hydrolysis) is 1. The number of carboxylic acid groups (broad SMARTS) is 1. The van der Waals surface area contributed by atoms with Crippen molar-refractivity contribution in [2.24, 2.45) is 5.92 Å². The van der Waals surface area contributed by atoms with Gasteiger partial charge in [0.1, 0.15) is 6.61 Å². The number of carbonyl (C=O) groups excluding carboxylic acids is 2. The van der Waals surface area contributed by atoms with E-state index in [9.17, 15) is 14.4 Å². The zero-order valence-electron chi connectivity index (χ0n) is 20.2. The Labute approximate surface area is 206 Å². The number of fused-ring (bicyclic) bond motifs is 3. The smallest absolute Gasteiger partial charge is 0.407 e. The van der Waals surface area contributed by atoms with Crippen LogP contribution >= 0.6 is 0 Å². The van der Waals surface area contributed by atoms with Gasteiger partial charge in [0.25, 0.3) is 0 Å². The van der Waals surface area contributed by atoms with Crippen LogP contribution in [-0.2, 0) is 14.3 Å². The highest BCUT2D eigenvalue weighted by atomic mass is 16.5. The third kappa shape index (κ3) is 6.21. The van der Waals surface area contributed by atoms with Crippen LogP contribution in [0.25, 0.3) is 11.1 Å². The Kier molecular flexibility index (Phi) is 8.06. The van der Waals surface area contributed by atoms with E-state index in [4.69, 9.17) is 9.84 Å². The Morgan fingerprint density at radius 3 is 2.34 bits per heavy atom. The average Bonchev–Trinajstić information content (AvgIpc) is 3.39. The molecular weight excluding hydrogens is 444 g/mol. The van der Waals surface area contributed by atoms with Crippen LogP contribution in [0.1, 0.15) is 68.9 Å². The predicted octanol–water partition coefficient (Wildman–Crippen LogP) is 4.84. The normalized spacial score (nSPS) is 19.5. The second-order valence-corrected chi connectivity index (χ2v) is 9.73. The maximum absolute atomic E-state index is 12.4. The minimum atomic E-state index is -0.815. The summed E-state index contributed by atoms with van der Waals surface area (Å²) in [7, 11) is 0. The third-order valence-electron chi connectivity index (χ3n) is 7.19. The number of amides is 2. The van der Waals surface area contributed by atoms with Crippen molar-refractivity contribution < 1.29 is 24.2 Å². The highest BCUT2D eigenvalue weighted by Gasteiger charge is 2.30. The molecule has 0 aliphatic heterocycles. The maximum atomic E-state index is 12.4. The van der Waals surface area contributed by atoms with Crippen molar-refractivity contribution in [2.45, 2.75) is 69.9 Å². The maximum Gasteiger partial charge on any atom is 0.407 e. The number of ether oxygens (including phenoxy) is 1. The number of benzene rings is 2. The molecular formula is C28H34N2O5. The van der Waals surface area contributed by atoms with Gasteiger partial charge in [0.05, 0.1) is 6.42 Å². The van der Waals surface area contributed by atoms with Crippen molar-refractivity contribution in [3.63, 3.8) is 0 Å². The summed E-state index contributed by atoms with van der Waals surface area (Å²) in [6.45, 7) is 2.17. The molecule has 3 N–H and O–H groups in total. The van der Waals surface area contributed by atoms with Crippen LogP contribution < -0.4 is 10.6 Å². The van der Waals surface area contributed by atoms with Crippen molar-refractivity contribution in [3.05, 3.63) is 59.7 Å². The average molecular weight is 479 g/mol. The SMILES string of the molecule is CC(CCCC(=O)NC1CCCC1CC(=O)O)NC(=O)OCC1c2ccccc2-c2ccccc21. The quantitative estimate of drug-likeness (QED) is 0.453. The van der Waals surface area contributed by atoms with E-state index in [-0.39, 0.29) is 42.9 Å². The summed E-state index contributed by atoms with van der Waals surface area (Å²) in [5.41, 5.74) is 4.73. The Balaban J connectivity index is 1.18. The summed E-state index contributed by atoms with van der Waals surface area (Å²) in [6, 6.07) is 16.3. The molecule has 2 aromatic carbocycles. The van der Waals surface area contributed by atoms with E-state index >= 15 is 0 Å². The number of hydrogen-bond donors (Lipinski definition) is 3. The molecule has 7 heteroatoms. The molecule has 0 heterocycles. The number of nitrogens with one attached hydrogen (secondary N) is 2. The first-order valence-electron chi connectivity index (χ1n) is 12.5. The van der Waals surface area contributed by atoms with Crippen LogP contribution in [0, 0.1) is 5.92 Å². The highest BCUT2D eigenvalue weighted by molar-refractivity contribution is 5.79. The molecule has 35 heavy (non-hydrogen) atoms. The van der Waals surface area contributed by atoms with E-state index < -0.39 is 12.1 Å².